The second-order valence-corrected chi connectivity index (χ2v) is 9.39. The van der Waals surface area contributed by atoms with Crippen molar-refractivity contribution in [2.75, 3.05) is 18.1 Å². The second-order valence-electron chi connectivity index (χ2n) is 9.39. The number of nitrogens with zero attached hydrogens (tertiary/aromatic N) is 2. The molecule has 2 atom stereocenters. The lowest BCUT2D eigenvalue weighted by atomic mass is 9.93. The Morgan fingerprint density at radius 3 is 2.56 bits per heavy atom. The fraction of sp³-hybridized carbons (Fsp3) is 0.440. The monoisotopic (exact) mass is 476 g/mol. The summed E-state index contributed by atoms with van der Waals surface area (Å²) in [5, 5.41) is 8.94. The minimum absolute atomic E-state index is 0.136. The first-order valence-electron chi connectivity index (χ1n) is 11.2. The van der Waals surface area contributed by atoms with E-state index in [0.717, 1.165) is 12.5 Å². The third-order valence-electron chi connectivity index (χ3n) is 6.62. The lowest BCUT2D eigenvalue weighted by Crippen LogP contribution is -2.53. The fourth-order valence-corrected chi connectivity index (χ4v) is 5.33. The maximum Gasteiger partial charge on any atom is 0.416 e. The van der Waals surface area contributed by atoms with Gasteiger partial charge in [0, 0.05) is 17.8 Å². The molecule has 2 aromatic rings. The maximum atomic E-state index is 13.6. The van der Waals surface area contributed by atoms with Gasteiger partial charge in [-0.15, -0.1) is 0 Å². The number of piperidine rings is 1. The highest BCUT2D eigenvalue weighted by Crippen LogP contribution is 2.45. The second kappa shape index (κ2) is 8.85. The van der Waals surface area contributed by atoms with Crippen LogP contribution in [0.3, 0.4) is 0 Å². The summed E-state index contributed by atoms with van der Waals surface area (Å²) in [5.74, 6) is -1.21. The molecule has 0 spiro atoms. The molecule has 182 valence electrons. The van der Waals surface area contributed by atoms with Crippen LogP contribution in [0.5, 0.6) is 5.75 Å². The predicted molar refractivity (Wildman–Crippen MR) is 120 cm³/mol. The molecule has 6 nitrogen and oxygen atoms in total. The number of hydrogen-bond acceptors (Lipinski definition) is 4. The van der Waals surface area contributed by atoms with Crippen LogP contribution in [0.15, 0.2) is 48.5 Å². The third kappa shape index (κ3) is 4.56. The highest BCUT2D eigenvalue weighted by atomic mass is 19.4. The van der Waals surface area contributed by atoms with Crippen molar-refractivity contribution in [2.24, 2.45) is 0 Å². The first-order valence-corrected chi connectivity index (χ1v) is 11.2. The number of amides is 1. The summed E-state index contributed by atoms with van der Waals surface area (Å²) in [6.45, 7) is 3.92. The molecule has 0 bridgehead atoms. The summed E-state index contributed by atoms with van der Waals surface area (Å²) in [5.41, 5.74) is -0.397. The number of rotatable bonds is 5. The topological polar surface area (TPSA) is 70.1 Å². The number of halogens is 3. The number of aliphatic carboxylic acids is 1. The molecule has 2 heterocycles. The van der Waals surface area contributed by atoms with E-state index in [9.17, 15) is 22.8 Å². The van der Waals surface area contributed by atoms with Gasteiger partial charge in [0.1, 0.15) is 5.75 Å². The highest BCUT2D eigenvalue weighted by molar-refractivity contribution is 5.97. The number of para-hydroxylation sites is 1. The Bertz CT molecular complexity index is 1090. The zero-order chi connectivity index (χ0) is 24.7. The Hall–Kier alpha value is -3.23. The molecule has 2 aromatic carbocycles. The Labute approximate surface area is 195 Å². The van der Waals surface area contributed by atoms with E-state index in [1.54, 1.807) is 35.2 Å². The van der Waals surface area contributed by atoms with Crippen LogP contribution in [0.2, 0.25) is 0 Å². The molecule has 34 heavy (non-hydrogen) atoms. The number of anilines is 1. The van der Waals surface area contributed by atoms with E-state index < -0.39 is 29.9 Å². The molecule has 0 unspecified atom stereocenters. The largest absolute Gasteiger partial charge is 0.481 e. The summed E-state index contributed by atoms with van der Waals surface area (Å²) in [6.07, 6.45) is -2.38. The fourth-order valence-electron chi connectivity index (χ4n) is 5.33. The average molecular weight is 476 g/mol. The van der Waals surface area contributed by atoms with Crippen molar-refractivity contribution in [3.05, 3.63) is 59.7 Å². The van der Waals surface area contributed by atoms with E-state index in [1.165, 1.54) is 12.1 Å². The van der Waals surface area contributed by atoms with Gasteiger partial charge in [-0.3, -0.25) is 4.79 Å². The summed E-state index contributed by atoms with van der Waals surface area (Å²) < 4.78 is 45.4. The number of fused-ring (bicyclic) bond motifs is 1. The van der Waals surface area contributed by atoms with Gasteiger partial charge in [-0.2, -0.15) is 13.2 Å². The van der Waals surface area contributed by atoms with Gasteiger partial charge in [0.05, 0.1) is 23.2 Å². The molecule has 0 aromatic heterocycles. The number of carbonyl (C=O) groups excluding carboxylic acids is 1. The van der Waals surface area contributed by atoms with Gasteiger partial charge in [-0.25, -0.2) is 4.79 Å². The molecule has 1 amide bonds. The normalized spacial score (nSPS) is 21.8. The minimum Gasteiger partial charge on any atom is -0.481 e. The predicted octanol–water partition coefficient (Wildman–Crippen LogP) is 4.83. The maximum absolute atomic E-state index is 13.6. The van der Waals surface area contributed by atoms with Crippen LogP contribution in [-0.4, -0.2) is 52.7 Å². The van der Waals surface area contributed by atoms with Crippen LogP contribution in [0.1, 0.15) is 49.0 Å². The third-order valence-corrected chi connectivity index (χ3v) is 6.62. The molecule has 2 aliphatic heterocycles. The van der Waals surface area contributed by atoms with Crippen molar-refractivity contribution in [1.29, 1.82) is 0 Å². The quantitative estimate of drug-likeness (QED) is 0.670. The number of alkyl halides is 3. The van der Waals surface area contributed by atoms with Gasteiger partial charge in [-0.05, 0) is 63.4 Å². The van der Waals surface area contributed by atoms with Crippen molar-refractivity contribution in [1.82, 2.24) is 4.90 Å². The number of ether oxygens (including phenoxy) is 1. The Kier molecular flexibility index (Phi) is 6.22. The molecular formula is C25H27F3N2O4. The van der Waals surface area contributed by atoms with E-state index in [-0.39, 0.29) is 29.3 Å². The van der Waals surface area contributed by atoms with Gasteiger partial charge >= 0.3 is 12.1 Å². The van der Waals surface area contributed by atoms with Crippen LogP contribution >= 0.6 is 0 Å². The molecule has 4 rings (SSSR count). The first kappa shape index (κ1) is 23.9. The Morgan fingerprint density at radius 1 is 1.12 bits per heavy atom. The lowest BCUT2D eigenvalue weighted by Gasteiger charge is -2.42. The van der Waals surface area contributed by atoms with Crippen LogP contribution in [0.25, 0.3) is 0 Å². The van der Waals surface area contributed by atoms with Crippen LogP contribution in [-0.2, 0) is 11.0 Å². The van der Waals surface area contributed by atoms with E-state index in [2.05, 4.69) is 0 Å². The van der Waals surface area contributed by atoms with Crippen molar-refractivity contribution < 1.29 is 32.6 Å². The van der Waals surface area contributed by atoms with Crippen molar-refractivity contribution in [3.8, 4) is 5.75 Å². The number of carboxylic acids is 1. The molecule has 0 radical (unpaired) electrons. The van der Waals surface area contributed by atoms with Crippen LogP contribution < -0.4 is 9.64 Å². The van der Waals surface area contributed by atoms with Crippen molar-refractivity contribution in [3.63, 3.8) is 0 Å². The van der Waals surface area contributed by atoms with Crippen molar-refractivity contribution in [2.45, 2.75) is 56.9 Å². The summed E-state index contributed by atoms with van der Waals surface area (Å²) in [6, 6.07) is 11.5. The molecule has 0 saturated carbocycles. The first-order chi connectivity index (χ1) is 16.0. The summed E-state index contributed by atoms with van der Waals surface area (Å²) >= 11 is 0. The van der Waals surface area contributed by atoms with Gasteiger partial charge in [0.2, 0.25) is 0 Å². The summed E-state index contributed by atoms with van der Waals surface area (Å²) in [7, 11) is 0. The zero-order valence-electron chi connectivity index (χ0n) is 19.0. The van der Waals surface area contributed by atoms with Crippen LogP contribution in [0.4, 0.5) is 18.9 Å². The summed E-state index contributed by atoms with van der Waals surface area (Å²) in [4.78, 5) is 28.3. The molecule has 2 fully saturated rings. The van der Waals surface area contributed by atoms with Crippen LogP contribution in [0, 0.1) is 0 Å². The van der Waals surface area contributed by atoms with Gasteiger partial charge in [0.25, 0.3) is 5.91 Å². The number of carboxylic acid groups (broad SMARTS) is 1. The molecule has 2 saturated heterocycles. The van der Waals surface area contributed by atoms with Gasteiger partial charge in [0.15, 0.2) is 6.61 Å². The number of likely N-dealkylation sites (tertiary alicyclic amines) is 1. The minimum atomic E-state index is -4.44. The number of benzene rings is 2. The molecule has 0 aliphatic carbocycles. The number of hydrogen-bond donors (Lipinski definition) is 1. The molecular weight excluding hydrogens is 449 g/mol. The van der Waals surface area contributed by atoms with E-state index in [0.29, 0.717) is 25.1 Å². The highest BCUT2D eigenvalue weighted by Gasteiger charge is 2.51. The average Bonchev–Trinajstić information content (AvgIpc) is 3.06. The Balaban J connectivity index is 1.65. The zero-order valence-corrected chi connectivity index (χ0v) is 19.0. The SMILES string of the molecule is CC1(C)C[C@H]2[C@H](CCCN2C(=O)c2ccccc2OCC(=O)O)N1c1cccc(C(F)(F)F)c1. The molecule has 1 N–H and O–H groups in total. The van der Waals surface area contributed by atoms with E-state index >= 15 is 0 Å². The van der Waals surface area contributed by atoms with Gasteiger partial charge < -0.3 is 19.6 Å². The number of carbonyl (C=O) groups is 2. The smallest absolute Gasteiger partial charge is 0.416 e. The van der Waals surface area contributed by atoms with Crippen molar-refractivity contribution >= 4 is 17.6 Å². The molecule has 9 heteroatoms. The Morgan fingerprint density at radius 2 is 1.85 bits per heavy atom. The standard InChI is InChI=1S/C25H27F3N2O4/c1-24(2)14-20-19(30(24)17-8-5-7-16(13-17)25(26,27)28)10-6-12-29(20)23(33)18-9-3-4-11-21(18)34-15-22(31)32/h3-5,7-9,11,13,19-20H,6,10,12,14-15H2,1-2H3,(H,31,32)/t19-,20-/m0/s1. The van der Waals surface area contributed by atoms with E-state index in [4.69, 9.17) is 9.84 Å². The van der Waals surface area contributed by atoms with E-state index in [1.807, 2.05) is 18.7 Å². The molecule has 2 aliphatic rings. The lowest BCUT2D eigenvalue weighted by molar-refractivity contribution is -0.139. The van der Waals surface area contributed by atoms with Gasteiger partial charge in [-0.1, -0.05) is 18.2 Å².